The third-order valence-corrected chi connectivity index (χ3v) is 3.12. The zero-order valence-electron chi connectivity index (χ0n) is 11.0. The lowest BCUT2D eigenvalue weighted by molar-refractivity contribution is 0.139. The number of benzene rings is 1. The summed E-state index contributed by atoms with van der Waals surface area (Å²) >= 11 is 0. The Balaban J connectivity index is 2.13. The van der Waals surface area contributed by atoms with Crippen molar-refractivity contribution in [1.29, 1.82) is 0 Å². The fourth-order valence-electron chi connectivity index (χ4n) is 2.28. The molecule has 1 aromatic rings. The highest BCUT2D eigenvalue weighted by molar-refractivity contribution is 5.95. The highest BCUT2D eigenvalue weighted by Gasteiger charge is 2.31. The van der Waals surface area contributed by atoms with Crippen molar-refractivity contribution in [2.75, 3.05) is 6.61 Å². The van der Waals surface area contributed by atoms with Gasteiger partial charge >= 0.3 is 0 Å². The van der Waals surface area contributed by atoms with E-state index in [4.69, 9.17) is 9.84 Å². The minimum absolute atomic E-state index is 0.0209. The van der Waals surface area contributed by atoms with Gasteiger partial charge < -0.3 is 9.84 Å². The Morgan fingerprint density at radius 2 is 2.00 bits per heavy atom. The van der Waals surface area contributed by atoms with E-state index < -0.39 is 0 Å². The summed E-state index contributed by atoms with van der Waals surface area (Å²) in [6.07, 6.45) is 1.67. The predicted molar refractivity (Wildman–Crippen MR) is 72.8 cm³/mol. The number of ether oxygens (including phenoxy) is 1. The Bertz CT molecular complexity index is 400. The molecule has 1 aliphatic heterocycles. The summed E-state index contributed by atoms with van der Waals surface area (Å²) in [4.78, 5) is 4.68. The fraction of sp³-hybridized carbons (Fsp3) is 0.533. The van der Waals surface area contributed by atoms with Crippen molar-refractivity contribution in [2.45, 2.75) is 38.8 Å². The highest BCUT2D eigenvalue weighted by atomic mass is 16.5. The average molecular weight is 247 g/mol. The summed E-state index contributed by atoms with van der Waals surface area (Å²) < 4.78 is 5.89. The molecule has 0 saturated carbocycles. The number of hydrogen-bond donors (Lipinski definition) is 1. The first-order valence-electron chi connectivity index (χ1n) is 6.61. The van der Waals surface area contributed by atoms with Crippen LogP contribution in [0, 0.1) is 5.92 Å². The molecule has 0 saturated heterocycles. The number of aliphatic hydroxyl groups excluding tert-OH is 1. The lowest BCUT2D eigenvalue weighted by Gasteiger charge is -2.17. The molecule has 1 N–H and O–H groups in total. The first-order chi connectivity index (χ1) is 8.70. The van der Waals surface area contributed by atoms with E-state index in [-0.39, 0.29) is 18.8 Å². The second-order valence-corrected chi connectivity index (χ2v) is 5.17. The van der Waals surface area contributed by atoms with Crippen LogP contribution in [0.15, 0.2) is 35.3 Å². The van der Waals surface area contributed by atoms with Crippen LogP contribution >= 0.6 is 0 Å². The molecule has 3 nitrogen and oxygen atoms in total. The molecule has 98 valence electrons. The summed E-state index contributed by atoms with van der Waals surface area (Å²) in [5.41, 5.74) is 1.02. The SMILES string of the molecule is CC(C)C[C@@H]1N=C(c2ccccc2)O[C@H]1CCO. The van der Waals surface area contributed by atoms with Crippen LogP contribution in [0.5, 0.6) is 0 Å². The van der Waals surface area contributed by atoms with Crippen LogP contribution in [-0.4, -0.2) is 29.8 Å². The van der Waals surface area contributed by atoms with Crippen molar-refractivity contribution in [3.8, 4) is 0 Å². The maximum Gasteiger partial charge on any atom is 0.216 e. The van der Waals surface area contributed by atoms with E-state index in [1.807, 2.05) is 30.3 Å². The number of rotatable bonds is 5. The zero-order valence-corrected chi connectivity index (χ0v) is 11.0. The molecular weight excluding hydrogens is 226 g/mol. The molecule has 0 aliphatic carbocycles. The van der Waals surface area contributed by atoms with Crippen LogP contribution < -0.4 is 0 Å². The van der Waals surface area contributed by atoms with Gasteiger partial charge in [0, 0.05) is 18.6 Å². The van der Waals surface area contributed by atoms with Gasteiger partial charge in [-0.1, -0.05) is 32.0 Å². The molecule has 0 radical (unpaired) electrons. The standard InChI is InChI=1S/C15H21NO2/c1-11(2)10-13-14(8-9-17)18-15(16-13)12-6-4-3-5-7-12/h3-7,11,13-14,17H,8-10H2,1-2H3/t13-,14-/m0/s1. The third-order valence-electron chi connectivity index (χ3n) is 3.12. The van der Waals surface area contributed by atoms with Crippen LogP contribution in [0.25, 0.3) is 0 Å². The first-order valence-corrected chi connectivity index (χ1v) is 6.61. The normalized spacial score (nSPS) is 23.0. The molecule has 0 unspecified atom stereocenters. The smallest absolute Gasteiger partial charge is 0.216 e. The van der Waals surface area contributed by atoms with E-state index in [0.29, 0.717) is 12.3 Å². The summed E-state index contributed by atoms with van der Waals surface area (Å²) in [5, 5.41) is 9.10. The minimum Gasteiger partial charge on any atom is -0.472 e. The van der Waals surface area contributed by atoms with E-state index in [2.05, 4.69) is 18.8 Å². The van der Waals surface area contributed by atoms with E-state index in [1.165, 1.54) is 0 Å². The van der Waals surface area contributed by atoms with Crippen molar-refractivity contribution in [1.82, 2.24) is 0 Å². The quantitative estimate of drug-likeness (QED) is 0.869. The van der Waals surface area contributed by atoms with Gasteiger partial charge in [-0.3, -0.25) is 0 Å². The summed E-state index contributed by atoms with van der Waals surface area (Å²) in [6, 6.07) is 10.1. The van der Waals surface area contributed by atoms with Gasteiger partial charge in [0.1, 0.15) is 6.10 Å². The summed E-state index contributed by atoms with van der Waals surface area (Å²) in [6.45, 7) is 4.52. The van der Waals surface area contributed by atoms with E-state index in [9.17, 15) is 0 Å². The summed E-state index contributed by atoms with van der Waals surface area (Å²) in [7, 11) is 0. The van der Waals surface area contributed by atoms with Gasteiger partial charge in [-0.2, -0.15) is 0 Å². The largest absolute Gasteiger partial charge is 0.472 e. The molecule has 0 fully saturated rings. The van der Waals surface area contributed by atoms with E-state index in [1.54, 1.807) is 0 Å². The lowest BCUT2D eigenvalue weighted by atomic mass is 9.98. The average Bonchev–Trinajstić information content (AvgIpc) is 2.73. The highest BCUT2D eigenvalue weighted by Crippen LogP contribution is 2.25. The van der Waals surface area contributed by atoms with Crippen molar-refractivity contribution in [2.24, 2.45) is 10.9 Å². The first kappa shape index (κ1) is 13.1. The Kier molecular flexibility index (Phi) is 4.37. The Labute approximate surface area is 109 Å². The van der Waals surface area contributed by atoms with Crippen LogP contribution in [0.4, 0.5) is 0 Å². The number of aliphatic imine (C=N–C) groups is 1. The molecule has 2 rings (SSSR count). The molecule has 0 amide bonds. The second-order valence-electron chi connectivity index (χ2n) is 5.17. The molecule has 0 spiro atoms. The van der Waals surface area contributed by atoms with E-state index >= 15 is 0 Å². The predicted octanol–water partition coefficient (Wildman–Crippen LogP) is 2.63. The molecule has 3 heteroatoms. The molecule has 0 aromatic heterocycles. The third kappa shape index (κ3) is 3.10. The van der Waals surface area contributed by atoms with Gasteiger partial charge in [0.2, 0.25) is 5.90 Å². The molecular formula is C15H21NO2. The van der Waals surface area contributed by atoms with Gasteiger partial charge in [0.15, 0.2) is 0 Å². The fourth-order valence-corrected chi connectivity index (χ4v) is 2.28. The topological polar surface area (TPSA) is 41.8 Å². The van der Waals surface area contributed by atoms with Gasteiger partial charge in [-0.05, 0) is 24.5 Å². The Morgan fingerprint density at radius 1 is 1.28 bits per heavy atom. The van der Waals surface area contributed by atoms with Crippen molar-refractivity contribution < 1.29 is 9.84 Å². The van der Waals surface area contributed by atoms with Crippen molar-refractivity contribution in [3.63, 3.8) is 0 Å². The summed E-state index contributed by atoms with van der Waals surface area (Å²) in [5.74, 6) is 1.30. The van der Waals surface area contributed by atoms with Crippen molar-refractivity contribution >= 4 is 5.90 Å². The second kappa shape index (κ2) is 6.01. The number of aliphatic hydroxyl groups is 1. The van der Waals surface area contributed by atoms with E-state index in [0.717, 1.165) is 17.9 Å². The van der Waals surface area contributed by atoms with Crippen LogP contribution in [-0.2, 0) is 4.74 Å². The van der Waals surface area contributed by atoms with Gasteiger partial charge in [0.05, 0.1) is 6.04 Å². The molecule has 1 aromatic carbocycles. The lowest BCUT2D eigenvalue weighted by Crippen LogP contribution is -2.25. The van der Waals surface area contributed by atoms with Crippen molar-refractivity contribution in [3.05, 3.63) is 35.9 Å². The molecule has 18 heavy (non-hydrogen) atoms. The van der Waals surface area contributed by atoms with Gasteiger partial charge in [-0.15, -0.1) is 0 Å². The number of nitrogens with zero attached hydrogens (tertiary/aromatic N) is 1. The van der Waals surface area contributed by atoms with Gasteiger partial charge in [-0.25, -0.2) is 4.99 Å². The van der Waals surface area contributed by atoms with Crippen LogP contribution in [0.2, 0.25) is 0 Å². The minimum atomic E-state index is 0.0209. The molecule has 1 aliphatic rings. The Hall–Kier alpha value is -1.35. The maximum atomic E-state index is 9.10. The molecule has 0 bridgehead atoms. The molecule has 1 heterocycles. The molecule has 2 atom stereocenters. The number of hydrogen-bond acceptors (Lipinski definition) is 3. The zero-order chi connectivity index (χ0) is 13.0. The maximum absolute atomic E-state index is 9.10. The van der Waals surface area contributed by atoms with Gasteiger partial charge in [0.25, 0.3) is 0 Å². The van der Waals surface area contributed by atoms with Crippen LogP contribution in [0.3, 0.4) is 0 Å². The Morgan fingerprint density at radius 3 is 2.61 bits per heavy atom. The van der Waals surface area contributed by atoms with Crippen LogP contribution in [0.1, 0.15) is 32.3 Å². The monoisotopic (exact) mass is 247 g/mol.